The molecular weight excluding hydrogens is 278 g/mol. The lowest BCUT2D eigenvalue weighted by Crippen LogP contribution is -2.14. The molecule has 0 aliphatic rings. The monoisotopic (exact) mass is 287 g/mol. The summed E-state index contributed by atoms with van der Waals surface area (Å²) in [5.74, 6) is -0.118. The van der Waals surface area contributed by atoms with E-state index < -0.39 is 0 Å². The number of hydrogen-bond donors (Lipinski definition) is 2. The SMILES string of the molecule is Cc1cc(Cl)nc(NC(=O)c2ccc3nc[nH]c3c2)n1. The molecule has 0 fully saturated rings. The molecule has 0 bridgehead atoms. The number of nitrogens with one attached hydrogen (secondary N) is 2. The average Bonchev–Trinajstić information content (AvgIpc) is 2.84. The Morgan fingerprint density at radius 3 is 2.95 bits per heavy atom. The van der Waals surface area contributed by atoms with E-state index >= 15 is 0 Å². The molecule has 20 heavy (non-hydrogen) atoms. The van der Waals surface area contributed by atoms with Crippen LogP contribution in [-0.2, 0) is 0 Å². The number of imidazole rings is 1. The van der Waals surface area contributed by atoms with Gasteiger partial charge in [-0.1, -0.05) is 11.6 Å². The third-order valence-corrected chi connectivity index (χ3v) is 2.92. The fraction of sp³-hybridized carbons (Fsp3) is 0.0769. The summed E-state index contributed by atoms with van der Waals surface area (Å²) in [5, 5.41) is 2.91. The summed E-state index contributed by atoms with van der Waals surface area (Å²) in [4.78, 5) is 27.2. The van der Waals surface area contributed by atoms with Gasteiger partial charge in [0.05, 0.1) is 17.4 Å². The number of benzene rings is 1. The number of carbonyl (C=O) groups is 1. The highest BCUT2D eigenvalue weighted by molar-refractivity contribution is 6.29. The lowest BCUT2D eigenvalue weighted by molar-refractivity contribution is 0.102. The molecule has 2 aromatic heterocycles. The predicted octanol–water partition coefficient (Wildman–Crippen LogP) is 2.57. The molecule has 1 amide bonds. The van der Waals surface area contributed by atoms with Crippen molar-refractivity contribution in [3.63, 3.8) is 0 Å². The molecule has 3 rings (SSSR count). The van der Waals surface area contributed by atoms with E-state index in [1.165, 1.54) is 0 Å². The van der Waals surface area contributed by atoms with Crippen LogP contribution in [0.25, 0.3) is 11.0 Å². The van der Waals surface area contributed by atoms with E-state index in [4.69, 9.17) is 11.6 Å². The van der Waals surface area contributed by atoms with Crippen molar-refractivity contribution in [2.45, 2.75) is 6.92 Å². The van der Waals surface area contributed by atoms with Crippen LogP contribution in [0, 0.1) is 6.92 Å². The van der Waals surface area contributed by atoms with E-state index in [2.05, 4.69) is 25.3 Å². The van der Waals surface area contributed by atoms with Crippen molar-refractivity contribution >= 4 is 34.5 Å². The molecular formula is C13H10ClN5O. The van der Waals surface area contributed by atoms with Crippen molar-refractivity contribution in [1.82, 2.24) is 19.9 Å². The van der Waals surface area contributed by atoms with Crippen LogP contribution in [0.2, 0.25) is 5.15 Å². The topological polar surface area (TPSA) is 83.6 Å². The van der Waals surface area contributed by atoms with Gasteiger partial charge in [-0.05, 0) is 31.2 Å². The fourth-order valence-corrected chi connectivity index (χ4v) is 2.07. The highest BCUT2D eigenvalue weighted by Gasteiger charge is 2.10. The van der Waals surface area contributed by atoms with Gasteiger partial charge in [0.25, 0.3) is 5.91 Å². The first-order valence-electron chi connectivity index (χ1n) is 5.87. The maximum Gasteiger partial charge on any atom is 0.258 e. The summed E-state index contributed by atoms with van der Waals surface area (Å²) in [7, 11) is 0. The molecule has 0 spiro atoms. The van der Waals surface area contributed by atoms with Crippen LogP contribution in [0.4, 0.5) is 5.95 Å². The van der Waals surface area contributed by atoms with Crippen LogP contribution in [0.1, 0.15) is 16.1 Å². The number of aryl methyl sites for hydroxylation is 1. The average molecular weight is 288 g/mol. The predicted molar refractivity (Wildman–Crippen MR) is 75.8 cm³/mol. The van der Waals surface area contributed by atoms with Crippen LogP contribution < -0.4 is 5.32 Å². The van der Waals surface area contributed by atoms with Crippen molar-refractivity contribution in [3.05, 3.63) is 47.0 Å². The van der Waals surface area contributed by atoms with E-state index in [-0.39, 0.29) is 17.0 Å². The van der Waals surface area contributed by atoms with Gasteiger partial charge in [0.1, 0.15) is 5.15 Å². The van der Waals surface area contributed by atoms with Crippen molar-refractivity contribution in [3.8, 4) is 0 Å². The summed E-state index contributed by atoms with van der Waals surface area (Å²) in [6, 6.07) is 6.80. The smallest absolute Gasteiger partial charge is 0.258 e. The first kappa shape index (κ1) is 12.6. The Hall–Kier alpha value is -2.47. The molecule has 2 N–H and O–H groups in total. The Labute approximate surface area is 119 Å². The molecule has 0 saturated carbocycles. The highest BCUT2D eigenvalue weighted by atomic mass is 35.5. The number of nitrogens with zero attached hydrogens (tertiary/aromatic N) is 3. The number of hydrogen-bond acceptors (Lipinski definition) is 4. The zero-order valence-electron chi connectivity index (χ0n) is 10.5. The number of amides is 1. The minimum atomic E-state index is -0.303. The van der Waals surface area contributed by atoms with Gasteiger partial charge in [-0.2, -0.15) is 0 Å². The van der Waals surface area contributed by atoms with Crippen LogP contribution in [0.15, 0.2) is 30.6 Å². The molecule has 6 nitrogen and oxygen atoms in total. The molecule has 0 atom stereocenters. The quantitative estimate of drug-likeness (QED) is 0.710. The first-order chi connectivity index (χ1) is 9.61. The van der Waals surface area contributed by atoms with Crippen LogP contribution >= 0.6 is 11.6 Å². The number of aromatic nitrogens is 4. The van der Waals surface area contributed by atoms with Crippen LogP contribution in [0.3, 0.4) is 0 Å². The van der Waals surface area contributed by atoms with Crippen molar-refractivity contribution in [1.29, 1.82) is 0 Å². The summed E-state index contributed by atoms with van der Waals surface area (Å²) in [6.45, 7) is 1.78. The number of rotatable bonds is 2. The van der Waals surface area contributed by atoms with Gasteiger partial charge in [-0.25, -0.2) is 15.0 Å². The number of aromatic amines is 1. The van der Waals surface area contributed by atoms with Gasteiger partial charge in [-0.15, -0.1) is 0 Å². The molecule has 2 heterocycles. The molecule has 0 unspecified atom stereocenters. The third kappa shape index (κ3) is 2.46. The normalized spacial score (nSPS) is 10.7. The summed E-state index contributed by atoms with van der Waals surface area (Å²) in [6.07, 6.45) is 1.58. The standard InChI is InChI=1S/C13H10ClN5O/c1-7-4-11(14)18-13(17-7)19-12(20)8-2-3-9-10(5-8)16-6-15-9/h2-6H,1H3,(H,15,16)(H,17,18,19,20). The number of carbonyl (C=O) groups excluding carboxylic acids is 1. The second kappa shape index (κ2) is 4.90. The zero-order valence-corrected chi connectivity index (χ0v) is 11.3. The minimum absolute atomic E-state index is 0.185. The van der Waals surface area contributed by atoms with Gasteiger partial charge in [0.15, 0.2) is 0 Å². The molecule has 7 heteroatoms. The Bertz CT molecular complexity index is 778. The fourth-order valence-electron chi connectivity index (χ4n) is 1.84. The molecule has 0 aliphatic heterocycles. The Morgan fingerprint density at radius 2 is 2.15 bits per heavy atom. The number of halogens is 1. The van der Waals surface area contributed by atoms with E-state index in [0.29, 0.717) is 11.3 Å². The third-order valence-electron chi connectivity index (χ3n) is 2.73. The van der Waals surface area contributed by atoms with E-state index in [9.17, 15) is 4.79 Å². The van der Waals surface area contributed by atoms with Gasteiger partial charge in [0.2, 0.25) is 5.95 Å². The van der Waals surface area contributed by atoms with Gasteiger partial charge in [0, 0.05) is 11.3 Å². The van der Waals surface area contributed by atoms with Gasteiger partial charge < -0.3 is 4.98 Å². The maximum atomic E-state index is 12.1. The number of fused-ring (bicyclic) bond motifs is 1. The lowest BCUT2D eigenvalue weighted by atomic mass is 10.2. The Balaban J connectivity index is 1.88. The van der Waals surface area contributed by atoms with E-state index in [0.717, 1.165) is 11.0 Å². The molecule has 3 aromatic rings. The van der Waals surface area contributed by atoms with Crippen molar-refractivity contribution in [2.24, 2.45) is 0 Å². The van der Waals surface area contributed by atoms with Gasteiger partial charge in [-0.3, -0.25) is 10.1 Å². The van der Waals surface area contributed by atoms with Gasteiger partial charge >= 0.3 is 0 Å². The summed E-state index contributed by atoms with van der Waals surface area (Å²) < 4.78 is 0. The largest absolute Gasteiger partial charge is 0.345 e. The van der Waals surface area contributed by atoms with E-state index in [1.54, 1.807) is 37.5 Å². The molecule has 100 valence electrons. The Morgan fingerprint density at radius 1 is 1.30 bits per heavy atom. The van der Waals surface area contributed by atoms with Crippen molar-refractivity contribution in [2.75, 3.05) is 5.32 Å². The zero-order chi connectivity index (χ0) is 14.1. The van der Waals surface area contributed by atoms with E-state index in [1.807, 2.05) is 0 Å². The molecule has 1 aromatic carbocycles. The summed E-state index contributed by atoms with van der Waals surface area (Å²) >= 11 is 5.83. The van der Waals surface area contributed by atoms with Crippen LogP contribution in [-0.4, -0.2) is 25.8 Å². The molecule has 0 saturated heterocycles. The highest BCUT2D eigenvalue weighted by Crippen LogP contribution is 2.14. The second-order valence-electron chi connectivity index (χ2n) is 4.24. The maximum absolute atomic E-state index is 12.1. The number of H-pyrrole nitrogens is 1. The van der Waals surface area contributed by atoms with Crippen molar-refractivity contribution < 1.29 is 4.79 Å². The molecule has 0 radical (unpaired) electrons. The first-order valence-corrected chi connectivity index (χ1v) is 6.25. The summed E-state index contributed by atoms with van der Waals surface area (Å²) in [5.41, 5.74) is 2.77. The molecule has 0 aliphatic carbocycles. The van der Waals surface area contributed by atoms with Crippen LogP contribution in [0.5, 0.6) is 0 Å². The Kier molecular flexibility index (Phi) is 3.08. The minimum Gasteiger partial charge on any atom is -0.345 e. The number of anilines is 1. The lowest BCUT2D eigenvalue weighted by Gasteiger charge is -2.05. The second-order valence-corrected chi connectivity index (χ2v) is 4.63.